The molecule has 3 aromatic rings. The second-order valence-corrected chi connectivity index (χ2v) is 7.21. The molecule has 2 aromatic carbocycles. The number of aliphatic hydroxyl groups excluding tert-OH is 1. The van der Waals surface area contributed by atoms with Gasteiger partial charge in [-0.15, -0.1) is 0 Å². The molecule has 2 heterocycles. The molecular formula is C24H20FNO5. The fourth-order valence-electron chi connectivity index (χ4n) is 3.81. The Bertz CT molecular complexity index is 1180. The average Bonchev–Trinajstić information content (AvgIpc) is 3.36. The number of hydrogen-bond acceptors (Lipinski definition) is 5. The van der Waals surface area contributed by atoms with Crippen LogP contribution in [0.1, 0.15) is 28.5 Å². The van der Waals surface area contributed by atoms with Crippen LogP contribution < -0.4 is 4.74 Å². The number of methoxy groups -OCH3 is 1. The van der Waals surface area contributed by atoms with E-state index in [0.717, 1.165) is 0 Å². The lowest BCUT2D eigenvalue weighted by atomic mass is 9.93. The number of amides is 1. The Morgan fingerprint density at radius 3 is 2.58 bits per heavy atom. The predicted molar refractivity (Wildman–Crippen MR) is 111 cm³/mol. The standard InChI is InChI=1S/C24H20FNO5/c1-14-12-15(30-2)9-10-17(14)22(27)20-21(18-7-3-4-8-19(18)25)26(24(29)23(20)28)13-16-6-5-11-31-16/h3-12,21,27H,13H2,1-2H3/b22-20+. The monoisotopic (exact) mass is 421 g/mol. The van der Waals surface area contributed by atoms with E-state index in [1.165, 1.54) is 36.5 Å². The molecule has 31 heavy (non-hydrogen) atoms. The molecule has 1 saturated heterocycles. The van der Waals surface area contributed by atoms with Crippen molar-refractivity contribution in [1.29, 1.82) is 0 Å². The summed E-state index contributed by atoms with van der Waals surface area (Å²) in [4.78, 5) is 27.1. The summed E-state index contributed by atoms with van der Waals surface area (Å²) in [6, 6.07) is 13.0. The van der Waals surface area contributed by atoms with E-state index in [2.05, 4.69) is 0 Å². The fourth-order valence-corrected chi connectivity index (χ4v) is 3.81. The van der Waals surface area contributed by atoms with Crippen LogP contribution in [0.2, 0.25) is 0 Å². The minimum Gasteiger partial charge on any atom is -0.507 e. The molecule has 0 spiro atoms. The van der Waals surface area contributed by atoms with E-state index in [0.29, 0.717) is 22.6 Å². The first-order chi connectivity index (χ1) is 14.9. The zero-order chi connectivity index (χ0) is 22.1. The molecule has 4 rings (SSSR count). The quantitative estimate of drug-likeness (QED) is 0.376. The molecule has 1 aliphatic rings. The zero-order valence-corrected chi connectivity index (χ0v) is 17.0. The third kappa shape index (κ3) is 3.59. The molecule has 6 nitrogen and oxygen atoms in total. The summed E-state index contributed by atoms with van der Waals surface area (Å²) in [7, 11) is 1.52. The molecule has 158 valence electrons. The van der Waals surface area contributed by atoms with Gasteiger partial charge in [0.05, 0.1) is 31.5 Å². The lowest BCUT2D eigenvalue weighted by Gasteiger charge is -2.25. The Hall–Kier alpha value is -3.87. The van der Waals surface area contributed by atoms with Crippen LogP contribution in [0.15, 0.2) is 70.9 Å². The van der Waals surface area contributed by atoms with Gasteiger partial charge in [-0.05, 0) is 48.9 Å². The number of aliphatic hydroxyl groups is 1. The van der Waals surface area contributed by atoms with Crippen LogP contribution in [0.3, 0.4) is 0 Å². The van der Waals surface area contributed by atoms with Crippen molar-refractivity contribution in [3.05, 3.63) is 94.7 Å². The summed E-state index contributed by atoms with van der Waals surface area (Å²) in [5.41, 5.74) is 0.940. The summed E-state index contributed by atoms with van der Waals surface area (Å²) in [5.74, 6) is -1.66. The van der Waals surface area contributed by atoms with Gasteiger partial charge < -0.3 is 19.2 Å². The number of nitrogens with zero attached hydrogens (tertiary/aromatic N) is 1. The van der Waals surface area contributed by atoms with Gasteiger partial charge in [0.15, 0.2) is 0 Å². The number of Topliss-reactive ketones (excluding diaryl/α,β-unsaturated/α-hetero) is 1. The number of rotatable bonds is 5. The van der Waals surface area contributed by atoms with Gasteiger partial charge in [0.2, 0.25) is 0 Å². The molecule has 1 atom stereocenters. The number of hydrogen-bond donors (Lipinski definition) is 1. The molecule has 0 aliphatic carbocycles. The summed E-state index contributed by atoms with van der Waals surface area (Å²) in [6.07, 6.45) is 1.45. The van der Waals surface area contributed by atoms with Gasteiger partial charge in [-0.2, -0.15) is 0 Å². The van der Waals surface area contributed by atoms with Crippen molar-refractivity contribution in [2.75, 3.05) is 7.11 Å². The number of carbonyl (C=O) groups excluding carboxylic acids is 2. The van der Waals surface area contributed by atoms with Crippen LogP contribution in [0.5, 0.6) is 5.75 Å². The van der Waals surface area contributed by atoms with Crippen molar-refractivity contribution in [1.82, 2.24) is 4.90 Å². The predicted octanol–water partition coefficient (Wildman–Crippen LogP) is 4.36. The van der Waals surface area contributed by atoms with Gasteiger partial charge in [0.25, 0.3) is 11.7 Å². The van der Waals surface area contributed by atoms with Gasteiger partial charge in [-0.1, -0.05) is 18.2 Å². The highest BCUT2D eigenvalue weighted by Crippen LogP contribution is 2.41. The number of benzene rings is 2. The van der Waals surface area contributed by atoms with E-state index in [1.807, 2.05) is 0 Å². The van der Waals surface area contributed by atoms with Gasteiger partial charge >= 0.3 is 0 Å². The molecular weight excluding hydrogens is 401 g/mol. The van der Waals surface area contributed by atoms with E-state index >= 15 is 0 Å². The highest BCUT2D eigenvalue weighted by molar-refractivity contribution is 6.46. The molecule has 1 fully saturated rings. The Kier molecular flexibility index (Phi) is 5.33. The minimum atomic E-state index is -1.10. The van der Waals surface area contributed by atoms with Crippen molar-refractivity contribution < 1.29 is 28.2 Å². The molecule has 1 N–H and O–H groups in total. The first kappa shape index (κ1) is 20.4. The zero-order valence-electron chi connectivity index (χ0n) is 17.0. The van der Waals surface area contributed by atoms with Crippen LogP contribution >= 0.6 is 0 Å². The summed E-state index contributed by atoms with van der Waals surface area (Å²) in [5, 5.41) is 11.1. The molecule has 7 heteroatoms. The highest BCUT2D eigenvalue weighted by atomic mass is 19.1. The molecule has 1 aromatic heterocycles. The van der Waals surface area contributed by atoms with Crippen molar-refractivity contribution in [2.24, 2.45) is 0 Å². The molecule has 1 amide bonds. The maximum absolute atomic E-state index is 14.8. The van der Waals surface area contributed by atoms with Crippen LogP contribution in [0, 0.1) is 12.7 Å². The van der Waals surface area contributed by atoms with Gasteiger partial charge in [0, 0.05) is 11.1 Å². The van der Waals surface area contributed by atoms with Crippen molar-refractivity contribution >= 4 is 17.4 Å². The Morgan fingerprint density at radius 2 is 1.94 bits per heavy atom. The Balaban J connectivity index is 1.90. The minimum absolute atomic E-state index is 0.0467. The number of carbonyl (C=O) groups is 2. The topological polar surface area (TPSA) is 80.0 Å². The van der Waals surface area contributed by atoms with Crippen molar-refractivity contribution in [2.45, 2.75) is 19.5 Å². The van der Waals surface area contributed by atoms with Crippen LogP contribution in [-0.2, 0) is 16.1 Å². The fraction of sp³-hybridized carbons (Fsp3) is 0.167. The van der Waals surface area contributed by atoms with Gasteiger partial charge in [-0.3, -0.25) is 9.59 Å². The molecule has 0 bridgehead atoms. The summed E-state index contributed by atoms with van der Waals surface area (Å²) < 4.78 is 25.3. The molecule has 0 saturated carbocycles. The smallest absolute Gasteiger partial charge is 0.296 e. The maximum Gasteiger partial charge on any atom is 0.296 e. The second kappa shape index (κ2) is 8.10. The number of ether oxygens (including phenoxy) is 1. The number of halogens is 1. The number of ketones is 1. The highest BCUT2D eigenvalue weighted by Gasteiger charge is 2.47. The summed E-state index contributed by atoms with van der Waals surface area (Å²) in [6.45, 7) is 1.70. The third-order valence-electron chi connectivity index (χ3n) is 5.33. The van der Waals surface area contributed by atoms with E-state index in [1.54, 1.807) is 43.3 Å². The Labute approximate surface area is 178 Å². The SMILES string of the molecule is COc1ccc(/C(O)=C2\C(=O)C(=O)N(Cc3ccco3)C2c2ccccc2F)c(C)c1. The third-order valence-corrected chi connectivity index (χ3v) is 5.33. The van der Waals surface area contributed by atoms with Crippen LogP contribution in [0.4, 0.5) is 4.39 Å². The maximum atomic E-state index is 14.8. The first-order valence-electron chi connectivity index (χ1n) is 9.62. The molecule has 0 radical (unpaired) electrons. The lowest BCUT2D eigenvalue weighted by molar-refractivity contribution is -0.140. The largest absolute Gasteiger partial charge is 0.507 e. The van der Waals surface area contributed by atoms with Crippen molar-refractivity contribution in [3.63, 3.8) is 0 Å². The summed E-state index contributed by atoms with van der Waals surface area (Å²) >= 11 is 0. The van der Waals surface area contributed by atoms with Crippen molar-refractivity contribution in [3.8, 4) is 5.75 Å². The van der Waals surface area contributed by atoms with Crippen LogP contribution in [-0.4, -0.2) is 28.8 Å². The number of furan rings is 1. The number of likely N-dealkylation sites (tertiary alicyclic amines) is 1. The lowest BCUT2D eigenvalue weighted by Crippen LogP contribution is -2.29. The molecule has 1 unspecified atom stereocenters. The number of aryl methyl sites for hydroxylation is 1. The van der Waals surface area contributed by atoms with Crippen LogP contribution in [0.25, 0.3) is 5.76 Å². The Morgan fingerprint density at radius 1 is 1.16 bits per heavy atom. The van der Waals surface area contributed by atoms with Gasteiger partial charge in [-0.25, -0.2) is 4.39 Å². The molecule has 1 aliphatic heterocycles. The average molecular weight is 421 g/mol. The van der Waals surface area contributed by atoms with Gasteiger partial charge in [0.1, 0.15) is 23.1 Å². The van der Waals surface area contributed by atoms with E-state index in [-0.39, 0.29) is 23.4 Å². The second-order valence-electron chi connectivity index (χ2n) is 7.21. The van der Waals surface area contributed by atoms with E-state index in [4.69, 9.17) is 9.15 Å². The first-order valence-corrected chi connectivity index (χ1v) is 9.62. The van der Waals surface area contributed by atoms with E-state index in [9.17, 15) is 19.1 Å². The normalized spacial score (nSPS) is 17.9. The van der Waals surface area contributed by atoms with E-state index < -0.39 is 23.5 Å².